The number of carbonyl (C=O) groups excluding carboxylic acids is 1. The molecule has 8 heteroatoms. The SMILES string of the molecule is COc1ccc(-c2cc(C(=O)N[C@H]3CCc4cc(OC)c(OC)cc43)[nH]n2)cc1OC. The van der Waals surface area contributed by atoms with E-state index < -0.39 is 0 Å². The Hall–Kier alpha value is -3.68. The van der Waals surface area contributed by atoms with Crippen LogP contribution in [0.1, 0.15) is 34.1 Å². The Morgan fingerprint density at radius 2 is 1.61 bits per heavy atom. The molecule has 0 saturated carbocycles. The number of hydrogen-bond donors (Lipinski definition) is 2. The third-order valence-corrected chi connectivity index (χ3v) is 5.53. The molecule has 1 aliphatic rings. The number of nitrogens with one attached hydrogen (secondary N) is 2. The van der Waals surface area contributed by atoms with Crippen molar-refractivity contribution in [2.45, 2.75) is 18.9 Å². The minimum absolute atomic E-state index is 0.102. The number of hydrogen-bond acceptors (Lipinski definition) is 6. The van der Waals surface area contributed by atoms with Crippen LogP contribution >= 0.6 is 0 Å². The molecule has 0 aliphatic heterocycles. The molecule has 31 heavy (non-hydrogen) atoms. The van der Waals surface area contributed by atoms with E-state index >= 15 is 0 Å². The fourth-order valence-corrected chi connectivity index (χ4v) is 3.90. The highest BCUT2D eigenvalue weighted by molar-refractivity contribution is 5.93. The second-order valence-corrected chi connectivity index (χ2v) is 7.21. The molecule has 0 bridgehead atoms. The van der Waals surface area contributed by atoms with Crippen molar-refractivity contribution in [1.29, 1.82) is 0 Å². The first-order valence-electron chi connectivity index (χ1n) is 9.91. The Labute approximate surface area is 180 Å². The molecule has 3 aromatic rings. The second kappa shape index (κ2) is 8.59. The molecule has 0 fully saturated rings. The standard InChI is InChI=1S/C23H25N3O5/c1-28-19-8-6-14(10-20(19)29-2)17-12-18(26-25-17)23(27)24-16-7-5-13-9-21(30-3)22(31-4)11-15(13)16/h6,8-12,16H,5,7H2,1-4H3,(H,24,27)(H,25,26)/t16-/m0/s1. The van der Waals surface area contributed by atoms with Gasteiger partial charge in [-0.1, -0.05) is 0 Å². The van der Waals surface area contributed by atoms with Crippen LogP contribution in [0.15, 0.2) is 36.4 Å². The van der Waals surface area contributed by atoms with Gasteiger partial charge in [-0.25, -0.2) is 0 Å². The van der Waals surface area contributed by atoms with Crippen molar-refractivity contribution in [2.24, 2.45) is 0 Å². The van der Waals surface area contributed by atoms with E-state index in [0.29, 0.717) is 34.4 Å². The van der Waals surface area contributed by atoms with Crippen molar-refractivity contribution in [3.05, 3.63) is 53.2 Å². The lowest BCUT2D eigenvalue weighted by atomic mass is 10.1. The molecule has 1 aromatic heterocycles. The number of methoxy groups -OCH3 is 4. The number of aryl methyl sites for hydroxylation is 1. The lowest BCUT2D eigenvalue weighted by molar-refractivity contribution is 0.0931. The van der Waals surface area contributed by atoms with Gasteiger partial charge in [-0.15, -0.1) is 0 Å². The monoisotopic (exact) mass is 423 g/mol. The van der Waals surface area contributed by atoms with Crippen molar-refractivity contribution in [2.75, 3.05) is 28.4 Å². The van der Waals surface area contributed by atoms with Crippen molar-refractivity contribution >= 4 is 5.91 Å². The average molecular weight is 423 g/mol. The molecule has 8 nitrogen and oxygen atoms in total. The number of carbonyl (C=O) groups is 1. The predicted molar refractivity (Wildman–Crippen MR) is 115 cm³/mol. The van der Waals surface area contributed by atoms with Gasteiger partial charge in [0.25, 0.3) is 5.91 Å². The Bertz CT molecular complexity index is 1110. The van der Waals surface area contributed by atoms with Gasteiger partial charge in [0.05, 0.1) is 40.2 Å². The van der Waals surface area contributed by atoms with Gasteiger partial charge in [0.1, 0.15) is 5.69 Å². The number of rotatable bonds is 7. The third kappa shape index (κ3) is 3.88. The quantitative estimate of drug-likeness (QED) is 0.604. The van der Waals surface area contributed by atoms with E-state index in [1.807, 2.05) is 24.3 Å². The van der Waals surface area contributed by atoms with Gasteiger partial charge in [-0.05, 0) is 60.4 Å². The van der Waals surface area contributed by atoms with Crippen LogP contribution in [0, 0.1) is 0 Å². The molecule has 0 radical (unpaired) electrons. The highest BCUT2D eigenvalue weighted by Gasteiger charge is 2.27. The van der Waals surface area contributed by atoms with Crippen LogP contribution in [-0.4, -0.2) is 44.5 Å². The summed E-state index contributed by atoms with van der Waals surface area (Å²) in [6.07, 6.45) is 1.68. The summed E-state index contributed by atoms with van der Waals surface area (Å²) in [5.74, 6) is 2.36. The summed E-state index contributed by atoms with van der Waals surface area (Å²) in [6, 6.07) is 11.0. The Balaban J connectivity index is 1.52. The lowest BCUT2D eigenvalue weighted by Crippen LogP contribution is -2.27. The van der Waals surface area contributed by atoms with Crippen molar-refractivity contribution in [1.82, 2.24) is 15.5 Å². The van der Waals surface area contributed by atoms with E-state index in [0.717, 1.165) is 29.5 Å². The van der Waals surface area contributed by atoms with E-state index in [-0.39, 0.29) is 11.9 Å². The number of H-pyrrole nitrogens is 1. The van der Waals surface area contributed by atoms with Gasteiger partial charge < -0.3 is 24.3 Å². The highest BCUT2D eigenvalue weighted by atomic mass is 16.5. The number of nitrogens with zero attached hydrogens (tertiary/aromatic N) is 1. The Morgan fingerprint density at radius 3 is 2.32 bits per heavy atom. The van der Waals surface area contributed by atoms with Crippen molar-refractivity contribution < 1.29 is 23.7 Å². The topological polar surface area (TPSA) is 94.7 Å². The molecule has 2 N–H and O–H groups in total. The predicted octanol–water partition coefficient (Wildman–Crippen LogP) is 3.53. The van der Waals surface area contributed by atoms with Crippen LogP contribution in [-0.2, 0) is 6.42 Å². The Kier molecular flexibility index (Phi) is 5.70. The molecule has 1 amide bonds. The number of amides is 1. The molecular formula is C23H25N3O5. The largest absolute Gasteiger partial charge is 0.493 e. The lowest BCUT2D eigenvalue weighted by Gasteiger charge is -2.15. The van der Waals surface area contributed by atoms with E-state index in [2.05, 4.69) is 15.5 Å². The number of fused-ring (bicyclic) bond motifs is 1. The summed E-state index contributed by atoms with van der Waals surface area (Å²) in [6.45, 7) is 0. The molecule has 162 valence electrons. The number of benzene rings is 2. The zero-order valence-corrected chi connectivity index (χ0v) is 17.9. The van der Waals surface area contributed by atoms with Crippen LogP contribution in [0.4, 0.5) is 0 Å². The molecule has 1 aliphatic carbocycles. The molecule has 1 heterocycles. The zero-order chi connectivity index (χ0) is 22.0. The summed E-state index contributed by atoms with van der Waals surface area (Å²) in [5, 5.41) is 10.2. The number of aromatic nitrogens is 2. The van der Waals surface area contributed by atoms with Gasteiger partial charge >= 0.3 is 0 Å². The summed E-state index contributed by atoms with van der Waals surface area (Å²) < 4.78 is 21.4. The van der Waals surface area contributed by atoms with E-state index in [4.69, 9.17) is 18.9 Å². The van der Waals surface area contributed by atoms with Gasteiger partial charge in [-0.3, -0.25) is 9.89 Å². The minimum atomic E-state index is -0.216. The maximum absolute atomic E-state index is 12.9. The van der Waals surface area contributed by atoms with Gasteiger partial charge in [0, 0.05) is 5.56 Å². The van der Waals surface area contributed by atoms with Crippen LogP contribution in [0.2, 0.25) is 0 Å². The van der Waals surface area contributed by atoms with Gasteiger partial charge in [0.2, 0.25) is 0 Å². The normalized spacial score (nSPS) is 14.6. The third-order valence-electron chi connectivity index (χ3n) is 5.53. The first kappa shape index (κ1) is 20.6. The number of aromatic amines is 1. The van der Waals surface area contributed by atoms with Crippen LogP contribution < -0.4 is 24.3 Å². The van der Waals surface area contributed by atoms with E-state index in [1.54, 1.807) is 40.6 Å². The van der Waals surface area contributed by atoms with Crippen LogP contribution in [0.5, 0.6) is 23.0 Å². The van der Waals surface area contributed by atoms with Crippen molar-refractivity contribution in [3.8, 4) is 34.3 Å². The fourth-order valence-electron chi connectivity index (χ4n) is 3.90. The molecule has 0 saturated heterocycles. The molecular weight excluding hydrogens is 398 g/mol. The van der Waals surface area contributed by atoms with Gasteiger partial charge in [0.15, 0.2) is 23.0 Å². The summed E-state index contributed by atoms with van der Waals surface area (Å²) >= 11 is 0. The highest BCUT2D eigenvalue weighted by Crippen LogP contribution is 2.39. The molecule has 1 atom stereocenters. The molecule has 0 spiro atoms. The maximum Gasteiger partial charge on any atom is 0.269 e. The smallest absolute Gasteiger partial charge is 0.269 e. The van der Waals surface area contributed by atoms with E-state index in [1.165, 1.54) is 0 Å². The summed E-state index contributed by atoms with van der Waals surface area (Å²) in [4.78, 5) is 12.9. The van der Waals surface area contributed by atoms with Crippen LogP contribution in [0.25, 0.3) is 11.3 Å². The summed E-state index contributed by atoms with van der Waals surface area (Å²) in [5.41, 5.74) is 4.04. The first-order chi connectivity index (χ1) is 15.1. The summed E-state index contributed by atoms with van der Waals surface area (Å²) in [7, 11) is 6.39. The molecule has 4 rings (SSSR count). The zero-order valence-electron chi connectivity index (χ0n) is 17.9. The molecule has 2 aromatic carbocycles. The Morgan fingerprint density at radius 1 is 0.935 bits per heavy atom. The molecule has 0 unspecified atom stereocenters. The number of ether oxygens (including phenoxy) is 4. The van der Waals surface area contributed by atoms with Crippen LogP contribution in [0.3, 0.4) is 0 Å². The fraction of sp³-hybridized carbons (Fsp3) is 0.304. The van der Waals surface area contributed by atoms with E-state index in [9.17, 15) is 4.79 Å². The van der Waals surface area contributed by atoms with Crippen molar-refractivity contribution in [3.63, 3.8) is 0 Å². The van der Waals surface area contributed by atoms with Gasteiger partial charge in [-0.2, -0.15) is 5.10 Å². The minimum Gasteiger partial charge on any atom is -0.493 e. The first-order valence-corrected chi connectivity index (χ1v) is 9.91. The average Bonchev–Trinajstić information content (AvgIpc) is 3.45. The maximum atomic E-state index is 12.9. The second-order valence-electron chi connectivity index (χ2n) is 7.21.